The Hall–Kier alpha value is -1.07. The van der Waals surface area contributed by atoms with E-state index < -0.39 is 12.6 Å². The molecule has 0 saturated carbocycles. The van der Waals surface area contributed by atoms with E-state index in [9.17, 15) is 13.2 Å². The van der Waals surface area contributed by atoms with Gasteiger partial charge in [-0.05, 0) is 18.9 Å². The van der Waals surface area contributed by atoms with E-state index in [1.165, 1.54) is 0 Å². The Morgan fingerprint density at radius 3 is 2.52 bits per heavy atom. The summed E-state index contributed by atoms with van der Waals surface area (Å²) < 4.78 is 42.1. The van der Waals surface area contributed by atoms with Gasteiger partial charge in [0.2, 0.25) is 0 Å². The lowest BCUT2D eigenvalue weighted by molar-refractivity contribution is -0.138. The SMILES string of the molecule is Cc1cccc(C(CNC(C)C)OCCCC(F)(F)F)c1. The third kappa shape index (κ3) is 8.07. The summed E-state index contributed by atoms with van der Waals surface area (Å²) in [7, 11) is 0. The second kappa shape index (κ2) is 8.39. The number of alkyl halides is 3. The molecular weight excluding hydrogens is 279 g/mol. The summed E-state index contributed by atoms with van der Waals surface area (Å²) in [5.74, 6) is 0. The number of ether oxygens (including phenoxy) is 1. The zero-order valence-corrected chi connectivity index (χ0v) is 12.8. The van der Waals surface area contributed by atoms with Crippen molar-refractivity contribution < 1.29 is 17.9 Å². The summed E-state index contributed by atoms with van der Waals surface area (Å²) in [6.07, 6.45) is -5.14. The maximum absolute atomic E-state index is 12.1. The van der Waals surface area contributed by atoms with Gasteiger partial charge >= 0.3 is 6.18 Å². The van der Waals surface area contributed by atoms with Crippen molar-refractivity contribution in [2.24, 2.45) is 0 Å². The molecule has 2 nitrogen and oxygen atoms in total. The Labute approximate surface area is 124 Å². The van der Waals surface area contributed by atoms with Gasteiger partial charge in [0.1, 0.15) is 0 Å². The van der Waals surface area contributed by atoms with E-state index in [2.05, 4.69) is 5.32 Å². The minimum absolute atomic E-state index is 0.00645. The van der Waals surface area contributed by atoms with Gasteiger partial charge in [-0.3, -0.25) is 0 Å². The van der Waals surface area contributed by atoms with E-state index in [4.69, 9.17) is 4.74 Å². The highest BCUT2D eigenvalue weighted by Crippen LogP contribution is 2.23. The summed E-state index contributed by atoms with van der Waals surface area (Å²) in [6, 6.07) is 8.18. The second-order valence-electron chi connectivity index (χ2n) is 5.56. The molecule has 0 heterocycles. The molecule has 0 saturated heterocycles. The summed E-state index contributed by atoms with van der Waals surface area (Å²) in [4.78, 5) is 0. The van der Waals surface area contributed by atoms with Gasteiger partial charge in [0.15, 0.2) is 0 Å². The molecule has 1 aromatic carbocycles. The predicted octanol–water partition coefficient (Wildman–Crippen LogP) is 4.39. The Morgan fingerprint density at radius 2 is 1.95 bits per heavy atom. The van der Waals surface area contributed by atoms with Gasteiger partial charge in [0.05, 0.1) is 6.10 Å². The largest absolute Gasteiger partial charge is 0.389 e. The Bertz CT molecular complexity index is 418. The molecule has 0 aliphatic carbocycles. The molecule has 21 heavy (non-hydrogen) atoms. The summed E-state index contributed by atoms with van der Waals surface area (Å²) in [6.45, 7) is 6.74. The van der Waals surface area contributed by atoms with E-state index in [0.29, 0.717) is 12.6 Å². The smallest absolute Gasteiger partial charge is 0.372 e. The average molecular weight is 303 g/mol. The molecule has 1 N–H and O–H groups in total. The third-order valence-corrected chi connectivity index (χ3v) is 3.05. The topological polar surface area (TPSA) is 21.3 Å². The van der Waals surface area contributed by atoms with Gasteiger partial charge in [0, 0.05) is 25.6 Å². The van der Waals surface area contributed by atoms with Crippen LogP contribution in [0, 0.1) is 6.92 Å². The van der Waals surface area contributed by atoms with Gasteiger partial charge in [-0.2, -0.15) is 13.2 Å². The number of hydrogen-bond donors (Lipinski definition) is 1. The lowest BCUT2D eigenvalue weighted by atomic mass is 10.1. The van der Waals surface area contributed by atoms with Crippen molar-refractivity contribution in [2.75, 3.05) is 13.2 Å². The fourth-order valence-corrected chi connectivity index (χ4v) is 1.98. The van der Waals surface area contributed by atoms with E-state index in [-0.39, 0.29) is 19.1 Å². The molecule has 5 heteroatoms. The number of benzene rings is 1. The molecule has 0 aromatic heterocycles. The molecule has 1 unspecified atom stereocenters. The summed E-state index contributed by atoms with van der Waals surface area (Å²) in [5.41, 5.74) is 2.11. The van der Waals surface area contributed by atoms with Crippen LogP contribution in [0.4, 0.5) is 13.2 Å². The van der Waals surface area contributed by atoms with Crippen molar-refractivity contribution in [3.05, 3.63) is 35.4 Å². The molecule has 120 valence electrons. The number of halogens is 3. The molecular formula is C16H24F3NO. The molecule has 0 spiro atoms. The first kappa shape index (κ1) is 18.0. The van der Waals surface area contributed by atoms with Gasteiger partial charge < -0.3 is 10.1 Å². The lowest BCUT2D eigenvalue weighted by Crippen LogP contribution is -2.29. The zero-order valence-electron chi connectivity index (χ0n) is 12.8. The molecule has 1 rings (SSSR count). The van der Waals surface area contributed by atoms with Crippen molar-refractivity contribution >= 4 is 0 Å². The molecule has 0 bridgehead atoms. The van der Waals surface area contributed by atoms with E-state index in [1.807, 2.05) is 45.0 Å². The van der Waals surface area contributed by atoms with Crippen molar-refractivity contribution in [1.82, 2.24) is 5.32 Å². The first-order valence-electron chi connectivity index (χ1n) is 7.26. The molecule has 0 fully saturated rings. The van der Waals surface area contributed by atoms with Crippen LogP contribution in [0.1, 0.15) is 43.9 Å². The van der Waals surface area contributed by atoms with E-state index in [1.54, 1.807) is 0 Å². The fraction of sp³-hybridized carbons (Fsp3) is 0.625. The maximum atomic E-state index is 12.1. The average Bonchev–Trinajstić information content (AvgIpc) is 2.36. The highest BCUT2D eigenvalue weighted by Gasteiger charge is 2.26. The van der Waals surface area contributed by atoms with Crippen molar-refractivity contribution in [3.63, 3.8) is 0 Å². The van der Waals surface area contributed by atoms with Crippen LogP contribution in [-0.2, 0) is 4.74 Å². The van der Waals surface area contributed by atoms with Crippen molar-refractivity contribution in [1.29, 1.82) is 0 Å². The molecule has 1 atom stereocenters. The first-order valence-corrected chi connectivity index (χ1v) is 7.26. The van der Waals surface area contributed by atoms with Crippen LogP contribution < -0.4 is 5.32 Å². The maximum Gasteiger partial charge on any atom is 0.389 e. The van der Waals surface area contributed by atoms with Crippen molar-refractivity contribution in [3.8, 4) is 0 Å². The van der Waals surface area contributed by atoms with Crippen LogP contribution in [0.15, 0.2) is 24.3 Å². The number of rotatable bonds is 8. The minimum Gasteiger partial charge on any atom is -0.372 e. The highest BCUT2D eigenvalue weighted by atomic mass is 19.4. The normalized spacial score (nSPS) is 13.7. The number of nitrogens with one attached hydrogen (secondary N) is 1. The monoisotopic (exact) mass is 303 g/mol. The Kier molecular flexibility index (Phi) is 7.18. The summed E-state index contributed by atoms with van der Waals surface area (Å²) in [5, 5.41) is 3.27. The van der Waals surface area contributed by atoms with Crippen LogP contribution in [0.2, 0.25) is 0 Å². The fourth-order valence-electron chi connectivity index (χ4n) is 1.98. The standard InChI is InChI=1S/C16H24F3NO/c1-12(2)20-11-15(14-7-4-6-13(3)10-14)21-9-5-8-16(17,18)19/h4,6-7,10,12,15,20H,5,8-9,11H2,1-3H3. The Balaban J connectivity index is 2.56. The van der Waals surface area contributed by atoms with Crippen LogP contribution >= 0.6 is 0 Å². The third-order valence-electron chi connectivity index (χ3n) is 3.05. The predicted molar refractivity (Wildman–Crippen MR) is 78.3 cm³/mol. The summed E-state index contributed by atoms with van der Waals surface area (Å²) >= 11 is 0. The van der Waals surface area contributed by atoms with Crippen LogP contribution in [0.5, 0.6) is 0 Å². The zero-order chi connectivity index (χ0) is 15.9. The van der Waals surface area contributed by atoms with Gasteiger partial charge in [-0.25, -0.2) is 0 Å². The van der Waals surface area contributed by atoms with Crippen LogP contribution in [-0.4, -0.2) is 25.4 Å². The van der Waals surface area contributed by atoms with E-state index in [0.717, 1.165) is 11.1 Å². The van der Waals surface area contributed by atoms with E-state index >= 15 is 0 Å². The van der Waals surface area contributed by atoms with Gasteiger partial charge in [-0.15, -0.1) is 0 Å². The quantitative estimate of drug-likeness (QED) is 0.719. The molecule has 0 radical (unpaired) electrons. The first-order chi connectivity index (χ1) is 9.78. The highest BCUT2D eigenvalue weighted by molar-refractivity contribution is 5.24. The molecule has 0 amide bonds. The van der Waals surface area contributed by atoms with Crippen LogP contribution in [0.25, 0.3) is 0 Å². The minimum atomic E-state index is -4.11. The molecule has 0 aliphatic heterocycles. The van der Waals surface area contributed by atoms with Gasteiger partial charge in [0.25, 0.3) is 0 Å². The van der Waals surface area contributed by atoms with Crippen LogP contribution in [0.3, 0.4) is 0 Å². The lowest BCUT2D eigenvalue weighted by Gasteiger charge is -2.21. The molecule has 1 aromatic rings. The van der Waals surface area contributed by atoms with Gasteiger partial charge in [-0.1, -0.05) is 43.7 Å². The number of aryl methyl sites for hydroxylation is 1. The Morgan fingerprint density at radius 1 is 1.24 bits per heavy atom. The number of hydrogen-bond acceptors (Lipinski definition) is 2. The van der Waals surface area contributed by atoms with Crippen molar-refractivity contribution in [2.45, 2.75) is 51.9 Å². The second-order valence-corrected chi connectivity index (χ2v) is 5.56. The molecule has 0 aliphatic rings.